The Kier molecular flexibility index (Phi) is 5.02. The Bertz CT molecular complexity index is 1200. The molecule has 134 valence electrons. The van der Waals surface area contributed by atoms with E-state index in [1.54, 1.807) is 0 Å². The van der Waals surface area contributed by atoms with Crippen LogP contribution in [0.5, 0.6) is 0 Å². The van der Waals surface area contributed by atoms with Gasteiger partial charge in [-0.3, -0.25) is 5.43 Å². The second kappa shape index (κ2) is 7.59. The summed E-state index contributed by atoms with van der Waals surface area (Å²) in [6.07, 6.45) is 0. The summed E-state index contributed by atoms with van der Waals surface area (Å²) in [6.45, 7) is 0. The van der Waals surface area contributed by atoms with Gasteiger partial charge in [0.05, 0.1) is 11.3 Å². The van der Waals surface area contributed by atoms with E-state index in [2.05, 4.69) is 26.5 Å². The highest BCUT2D eigenvalue weighted by Crippen LogP contribution is 2.29. The Balaban J connectivity index is 1.85. The highest BCUT2D eigenvalue weighted by molar-refractivity contribution is 9.10. The molecule has 0 fully saturated rings. The van der Waals surface area contributed by atoms with Gasteiger partial charge in [-0.15, -0.1) is 16.4 Å². The molecule has 2 aromatic heterocycles. The number of aromatic nitrogens is 1. The summed E-state index contributed by atoms with van der Waals surface area (Å²) in [5.41, 5.74) is 11.9. The number of nitrogens with two attached hydrogens (primary N) is 1. The second-order valence-corrected chi connectivity index (χ2v) is 7.85. The molecule has 5 nitrogen and oxygen atoms in total. The van der Waals surface area contributed by atoms with Gasteiger partial charge >= 0.3 is 0 Å². The number of para-hydroxylation sites is 1. The zero-order chi connectivity index (χ0) is 18.8. The lowest BCUT2D eigenvalue weighted by molar-refractivity contribution is 0.533. The average Bonchev–Trinajstić information content (AvgIpc) is 3.16. The molecule has 2 aromatic carbocycles. The molecule has 0 bridgehead atoms. The van der Waals surface area contributed by atoms with Gasteiger partial charge in [0.25, 0.3) is 0 Å². The van der Waals surface area contributed by atoms with Crippen molar-refractivity contribution in [2.75, 3.05) is 0 Å². The number of nitrogens with one attached hydrogen (secondary N) is 1. The van der Waals surface area contributed by atoms with Crippen molar-refractivity contribution in [1.82, 2.24) is 10.4 Å². The fraction of sp³-hybridized carbons (Fsp3) is 0. The summed E-state index contributed by atoms with van der Waals surface area (Å²) < 4.78 is 6.97. The second-order valence-electron chi connectivity index (χ2n) is 5.64. The largest absolute Gasteiger partial charge is 0.436 e. The number of thiocarbonyl (C=S) groups is 1. The number of halogens is 1. The maximum Gasteiger partial charge on any atom is 0.246 e. The van der Waals surface area contributed by atoms with Crippen molar-refractivity contribution in [3.8, 4) is 21.8 Å². The van der Waals surface area contributed by atoms with Crippen LogP contribution in [0.15, 0.2) is 74.0 Å². The van der Waals surface area contributed by atoms with E-state index in [-0.39, 0.29) is 5.11 Å². The quantitative estimate of drug-likeness (QED) is 0.347. The molecule has 0 atom stereocenters. The van der Waals surface area contributed by atoms with E-state index in [0.717, 1.165) is 37.3 Å². The molecule has 0 aliphatic rings. The first-order chi connectivity index (χ1) is 13.1. The Morgan fingerprint density at radius 1 is 1.19 bits per heavy atom. The fourth-order valence-corrected chi connectivity index (χ4v) is 3.71. The van der Waals surface area contributed by atoms with Crippen molar-refractivity contribution in [1.29, 1.82) is 0 Å². The van der Waals surface area contributed by atoms with Crippen molar-refractivity contribution in [2.24, 2.45) is 10.8 Å². The SMILES string of the molecule is NC(=S)N/N=c1\oc2ccccc2cc1-c1nc(-c2ccc(Br)cc2)cs1. The fourth-order valence-electron chi connectivity index (χ4n) is 2.56. The Morgan fingerprint density at radius 3 is 2.74 bits per heavy atom. The van der Waals surface area contributed by atoms with Gasteiger partial charge in [-0.05, 0) is 36.5 Å². The van der Waals surface area contributed by atoms with Crippen molar-refractivity contribution in [2.45, 2.75) is 0 Å². The van der Waals surface area contributed by atoms with Crippen LogP contribution in [-0.4, -0.2) is 10.1 Å². The van der Waals surface area contributed by atoms with E-state index < -0.39 is 0 Å². The van der Waals surface area contributed by atoms with Crippen LogP contribution in [0.3, 0.4) is 0 Å². The maximum absolute atomic E-state index is 5.94. The number of hydrogen-bond donors (Lipinski definition) is 2. The van der Waals surface area contributed by atoms with E-state index in [0.29, 0.717) is 5.55 Å². The number of nitrogens with zero attached hydrogens (tertiary/aromatic N) is 2. The predicted octanol–water partition coefficient (Wildman–Crippen LogP) is 4.63. The van der Waals surface area contributed by atoms with Crippen LogP contribution in [0.25, 0.3) is 32.8 Å². The molecule has 0 spiro atoms. The smallest absolute Gasteiger partial charge is 0.246 e. The summed E-state index contributed by atoms with van der Waals surface area (Å²) in [5.74, 6) is 0. The van der Waals surface area contributed by atoms with Gasteiger partial charge in [-0.2, -0.15) is 0 Å². The van der Waals surface area contributed by atoms with E-state index in [1.165, 1.54) is 11.3 Å². The van der Waals surface area contributed by atoms with Crippen LogP contribution in [0.1, 0.15) is 0 Å². The molecule has 0 aliphatic carbocycles. The molecule has 0 amide bonds. The van der Waals surface area contributed by atoms with Crippen molar-refractivity contribution < 1.29 is 4.42 Å². The molecule has 4 rings (SSSR count). The molecule has 0 saturated heterocycles. The number of fused-ring (bicyclic) bond motifs is 1. The first-order valence-corrected chi connectivity index (χ1v) is 10.0. The Hall–Kier alpha value is -2.55. The minimum Gasteiger partial charge on any atom is -0.436 e. The number of benzene rings is 2. The van der Waals surface area contributed by atoms with Gasteiger partial charge in [0, 0.05) is 20.8 Å². The number of rotatable bonds is 3. The molecular formula is C19H13BrN4OS2. The monoisotopic (exact) mass is 456 g/mol. The van der Waals surface area contributed by atoms with Crippen LogP contribution in [-0.2, 0) is 0 Å². The van der Waals surface area contributed by atoms with Crippen LogP contribution in [0.2, 0.25) is 0 Å². The summed E-state index contributed by atoms with van der Waals surface area (Å²) in [5, 5.41) is 8.04. The van der Waals surface area contributed by atoms with E-state index in [1.807, 2.05) is 60.0 Å². The summed E-state index contributed by atoms with van der Waals surface area (Å²) in [6, 6.07) is 17.8. The third-order valence-corrected chi connectivity index (χ3v) is 5.29. The lowest BCUT2D eigenvalue weighted by Gasteiger charge is -2.03. The first-order valence-electron chi connectivity index (χ1n) is 7.94. The van der Waals surface area contributed by atoms with E-state index in [4.69, 9.17) is 27.4 Å². The lowest BCUT2D eigenvalue weighted by atomic mass is 10.1. The molecule has 27 heavy (non-hydrogen) atoms. The van der Waals surface area contributed by atoms with Crippen molar-refractivity contribution in [3.05, 3.63) is 70.0 Å². The zero-order valence-electron chi connectivity index (χ0n) is 13.8. The van der Waals surface area contributed by atoms with Gasteiger partial charge in [0.2, 0.25) is 5.55 Å². The minimum atomic E-state index is 0.0685. The lowest BCUT2D eigenvalue weighted by Crippen LogP contribution is -2.27. The van der Waals surface area contributed by atoms with Crippen LogP contribution in [0, 0.1) is 0 Å². The van der Waals surface area contributed by atoms with Crippen molar-refractivity contribution in [3.63, 3.8) is 0 Å². The van der Waals surface area contributed by atoms with Crippen LogP contribution >= 0.6 is 39.5 Å². The number of thiazole rings is 1. The molecule has 3 N–H and O–H groups in total. The summed E-state index contributed by atoms with van der Waals surface area (Å²) >= 11 is 9.82. The Labute approximate surface area is 172 Å². The Morgan fingerprint density at radius 2 is 1.96 bits per heavy atom. The normalized spacial score (nSPS) is 11.7. The van der Waals surface area contributed by atoms with Gasteiger partial charge < -0.3 is 10.2 Å². The highest BCUT2D eigenvalue weighted by atomic mass is 79.9. The van der Waals surface area contributed by atoms with Gasteiger partial charge in [0.1, 0.15) is 10.6 Å². The van der Waals surface area contributed by atoms with Gasteiger partial charge in [-0.1, -0.05) is 46.3 Å². The van der Waals surface area contributed by atoms with Gasteiger partial charge in [0.15, 0.2) is 5.11 Å². The first kappa shape index (κ1) is 17.8. The molecule has 8 heteroatoms. The molecule has 0 aliphatic heterocycles. The standard InChI is InChI=1S/C19H13BrN4OS2/c20-13-7-5-11(6-8-13)15-10-27-18(22-15)14-9-12-3-1-2-4-16(12)25-17(14)23-24-19(21)26/h1-10H,(H3,21,24,26)/b23-17-. The number of hydrogen-bond acceptors (Lipinski definition) is 5. The third-order valence-electron chi connectivity index (χ3n) is 3.80. The van der Waals surface area contributed by atoms with Crippen LogP contribution < -0.4 is 16.7 Å². The molecule has 0 saturated carbocycles. The highest BCUT2D eigenvalue weighted by Gasteiger charge is 2.12. The molecule has 2 heterocycles. The van der Waals surface area contributed by atoms with Crippen LogP contribution in [0.4, 0.5) is 0 Å². The molecule has 4 aromatic rings. The zero-order valence-corrected chi connectivity index (χ0v) is 17.1. The van der Waals surface area contributed by atoms with E-state index >= 15 is 0 Å². The predicted molar refractivity (Wildman–Crippen MR) is 116 cm³/mol. The third kappa shape index (κ3) is 3.92. The average molecular weight is 457 g/mol. The minimum absolute atomic E-state index is 0.0685. The van der Waals surface area contributed by atoms with E-state index in [9.17, 15) is 0 Å². The molecule has 0 radical (unpaired) electrons. The topological polar surface area (TPSA) is 76.4 Å². The van der Waals surface area contributed by atoms with Crippen molar-refractivity contribution >= 4 is 55.6 Å². The van der Waals surface area contributed by atoms with Gasteiger partial charge in [-0.25, -0.2) is 4.98 Å². The summed E-state index contributed by atoms with van der Waals surface area (Å²) in [4.78, 5) is 4.77. The maximum atomic E-state index is 5.94. The summed E-state index contributed by atoms with van der Waals surface area (Å²) in [7, 11) is 0. The molecule has 0 unspecified atom stereocenters. The molecular weight excluding hydrogens is 444 g/mol.